The van der Waals surface area contributed by atoms with Crippen LogP contribution < -0.4 is 5.32 Å². The maximum atomic E-state index is 12.9. The third kappa shape index (κ3) is 7.31. The number of hydrogen-bond donors (Lipinski definition) is 2. The number of aromatic nitrogens is 1. The van der Waals surface area contributed by atoms with Crippen molar-refractivity contribution in [2.45, 2.75) is 62.3 Å². The molecule has 152 valence electrons. The fourth-order valence-electron chi connectivity index (χ4n) is 3.12. The number of thiazole rings is 1. The van der Waals surface area contributed by atoms with Crippen molar-refractivity contribution in [3.05, 3.63) is 6.20 Å². The normalized spacial score (nSPS) is 20.9. The molecule has 1 aromatic rings. The predicted molar refractivity (Wildman–Crippen MR) is 109 cm³/mol. The third-order valence-corrected chi connectivity index (χ3v) is 6.99. The molecule has 1 aliphatic rings. The van der Waals surface area contributed by atoms with E-state index < -0.39 is 5.97 Å². The Bertz CT molecular complexity index is 618. The van der Waals surface area contributed by atoms with Gasteiger partial charge in [0.25, 0.3) is 0 Å². The van der Waals surface area contributed by atoms with Gasteiger partial charge in [-0.3, -0.25) is 10.1 Å². The molecule has 0 bridgehead atoms. The quantitative estimate of drug-likeness (QED) is 0.589. The van der Waals surface area contributed by atoms with Crippen LogP contribution in [0, 0.1) is 5.92 Å². The third-order valence-electron chi connectivity index (χ3n) is 4.90. The average molecular weight is 416 g/mol. The summed E-state index contributed by atoms with van der Waals surface area (Å²) in [6, 6.07) is 0.105. The van der Waals surface area contributed by atoms with Crippen molar-refractivity contribution in [2.24, 2.45) is 5.92 Å². The molecule has 2 rings (SSSR count). The largest absolute Gasteiger partial charge is 0.481 e. The highest BCUT2D eigenvalue weighted by Crippen LogP contribution is 2.30. The molecule has 1 heterocycles. The second kappa shape index (κ2) is 10.9. The van der Waals surface area contributed by atoms with Crippen LogP contribution in [0.4, 0.5) is 9.93 Å². The smallest absolute Gasteiger partial charge is 0.323 e. The van der Waals surface area contributed by atoms with Gasteiger partial charge < -0.3 is 14.7 Å². The van der Waals surface area contributed by atoms with Crippen LogP contribution in [0.2, 0.25) is 0 Å². The number of nitrogens with one attached hydrogen (secondary N) is 1. The highest BCUT2D eigenvalue weighted by atomic mass is 32.2. The van der Waals surface area contributed by atoms with E-state index in [2.05, 4.69) is 17.2 Å². The Hall–Kier alpha value is -1.32. The average Bonchev–Trinajstić information content (AvgIpc) is 3.08. The van der Waals surface area contributed by atoms with Crippen molar-refractivity contribution in [1.82, 2.24) is 9.88 Å². The van der Waals surface area contributed by atoms with Gasteiger partial charge in [-0.15, -0.1) is 11.8 Å². The fraction of sp³-hybridized carbons (Fsp3) is 0.722. The van der Waals surface area contributed by atoms with Crippen molar-refractivity contribution in [2.75, 3.05) is 24.7 Å². The first-order valence-corrected chi connectivity index (χ1v) is 11.1. The number of methoxy groups -OCH3 is 1. The molecule has 1 aromatic heterocycles. The van der Waals surface area contributed by atoms with Gasteiger partial charge in [-0.1, -0.05) is 18.3 Å². The SMILES string of the molecule is COC(C)CCN(C(=O)Nc1ncc(SCC(=O)O)s1)C1CCC(C)CC1. The Morgan fingerprint density at radius 2 is 2.15 bits per heavy atom. The van der Waals surface area contributed by atoms with Gasteiger partial charge in [0, 0.05) is 19.7 Å². The molecule has 1 unspecified atom stereocenters. The van der Waals surface area contributed by atoms with E-state index in [1.165, 1.54) is 23.1 Å². The Labute approximate surface area is 168 Å². The molecule has 1 saturated carbocycles. The first-order chi connectivity index (χ1) is 12.9. The summed E-state index contributed by atoms with van der Waals surface area (Å²) in [5.41, 5.74) is 0. The molecule has 1 atom stereocenters. The Morgan fingerprint density at radius 1 is 1.44 bits per heavy atom. The Balaban J connectivity index is 1.98. The number of carboxylic acids is 1. The summed E-state index contributed by atoms with van der Waals surface area (Å²) >= 11 is 2.51. The van der Waals surface area contributed by atoms with Gasteiger partial charge in [0.15, 0.2) is 5.13 Å². The summed E-state index contributed by atoms with van der Waals surface area (Å²) in [6.07, 6.45) is 6.81. The minimum Gasteiger partial charge on any atom is -0.481 e. The molecule has 2 N–H and O–H groups in total. The molecule has 27 heavy (non-hydrogen) atoms. The molecule has 1 aliphatic carbocycles. The highest BCUT2D eigenvalue weighted by Gasteiger charge is 2.28. The molecule has 9 heteroatoms. The van der Waals surface area contributed by atoms with Crippen molar-refractivity contribution < 1.29 is 19.4 Å². The fourth-order valence-corrected chi connectivity index (χ4v) is 4.70. The number of ether oxygens (including phenoxy) is 1. The van der Waals surface area contributed by atoms with Gasteiger partial charge >= 0.3 is 12.0 Å². The maximum absolute atomic E-state index is 12.9. The van der Waals surface area contributed by atoms with Crippen molar-refractivity contribution in [1.29, 1.82) is 0 Å². The number of carboxylic acid groups (broad SMARTS) is 1. The lowest BCUT2D eigenvalue weighted by molar-refractivity contribution is -0.133. The van der Waals surface area contributed by atoms with Crippen LogP contribution in [-0.4, -0.2) is 58.5 Å². The number of rotatable bonds is 9. The maximum Gasteiger partial charge on any atom is 0.323 e. The molecule has 1 fully saturated rings. The zero-order chi connectivity index (χ0) is 19.8. The van der Waals surface area contributed by atoms with E-state index in [1.807, 2.05) is 11.8 Å². The van der Waals surface area contributed by atoms with E-state index in [1.54, 1.807) is 13.3 Å². The summed E-state index contributed by atoms with van der Waals surface area (Å²) in [7, 11) is 1.68. The second-order valence-corrected chi connectivity index (χ2v) is 9.35. The number of urea groups is 1. The van der Waals surface area contributed by atoms with Crippen LogP contribution in [0.25, 0.3) is 0 Å². The molecule has 2 amide bonds. The van der Waals surface area contributed by atoms with Crippen molar-refractivity contribution in [3.63, 3.8) is 0 Å². The Morgan fingerprint density at radius 3 is 2.78 bits per heavy atom. The van der Waals surface area contributed by atoms with Crippen molar-refractivity contribution in [3.8, 4) is 0 Å². The van der Waals surface area contributed by atoms with Gasteiger partial charge in [-0.2, -0.15) is 0 Å². The van der Waals surface area contributed by atoms with Crippen LogP contribution in [0.3, 0.4) is 0 Å². The van der Waals surface area contributed by atoms with Crippen LogP contribution in [-0.2, 0) is 9.53 Å². The number of thioether (sulfide) groups is 1. The predicted octanol–water partition coefficient (Wildman–Crippen LogP) is 4.16. The first kappa shape index (κ1) is 22.0. The standard InChI is InChI=1S/C18H29N3O4S2/c1-12-4-6-14(7-5-12)21(9-8-13(2)25-3)18(24)20-17-19-10-16(27-17)26-11-15(22)23/h10,12-14H,4-9,11H2,1-3H3,(H,22,23)(H,19,20,24). The van der Waals surface area contributed by atoms with E-state index in [9.17, 15) is 9.59 Å². The van der Waals surface area contributed by atoms with Crippen LogP contribution in [0.1, 0.15) is 46.0 Å². The van der Waals surface area contributed by atoms with E-state index in [0.29, 0.717) is 11.7 Å². The summed E-state index contributed by atoms with van der Waals surface area (Å²) in [4.78, 5) is 29.7. The molecule has 0 aliphatic heterocycles. The summed E-state index contributed by atoms with van der Waals surface area (Å²) in [5, 5.41) is 12.2. The van der Waals surface area contributed by atoms with Gasteiger partial charge in [0.1, 0.15) is 0 Å². The molecular weight excluding hydrogens is 386 g/mol. The number of carbonyl (C=O) groups excluding carboxylic acids is 1. The topological polar surface area (TPSA) is 91.8 Å². The minimum absolute atomic E-state index is 0.0170. The second-order valence-electron chi connectivity index (χ2n) is 7.04. The lowest BCUT2D eigenvalue weighted by Gasteiger charge is -2.36. The van der Waals surface area contributed by atoms with E-state index in [0.717, 1.165) is 42.2 Å². The minimum atomic E-state index is -0.871. The number of amides is 2. The zero-order valence-electron chi connectivity index (χ0n) is 16.1. The molecule has 0 aromatic carbocycles. The van der Waals surface area contributed by atoms with Gasteiger partial charge in [-0.25, -0.2) is 9.78 Å². The number of carbonyl (C=O) groups is 2. The number of hydrogen-bond acceptors (Lipinski definition) is 6. The van der Waals surface area contributed by atoms with Gasteiger partial charge in [0.2, 0.25) is 0 Å². The molecule has 7 nitrogen and oxygen atoms in total. The number of nitrogens with zero attached hydrogens (tertiary/aromatic N) is 2. The number of aliphatic carboxylic acids is 1. The summed E-state index contributed by atoms with van der Waals surface area (Å²) < 4.78 is 6.11. The molecular formula is C18H29N3O4S2. The van der Waals surface area contributed by atoms with Gasteiger partial charge in [0.05, 0.1) is 22.3 Å². The highest BCUT2D eigenvalue weighted by molar-refractivity contribution is 8.01. The van der Waals surface area contributed by atoms with E-state index in [4.69, 9.17) is 9.84 Å². The molecule has 0 saturated heterocycles. The molecule has 0 radical (unpaired) electrons. The molecule has 0 spiro atoms. The first-order valence-electron chi connectivity index (χ1n) is 9.29. The Kier molecular flexibility index (Phi) is 8.85. The lowest BCUT2D eigenvalue weighted by Crippen LogP contribution is -2.45. The van der Waals surface area contributed by atoms with Crippen LogP contribution in [0.5, 0.6) is 0 Å². The zero-order valence-corrected chi connectivity index (χ0v) is 17.8. The van der Waals surface area contributed by atoms with E-state index in [-0.39, 0.29) is 23.9 Å². The van der Waals surface area contributed by atoms with Gasteiger partial charge in [-0.05, 0) is 44.9 Å². The lowest BCUT2D eigenvalue weighted by atomic mass is 9.86. The van der Waals surface area contributed by atoms with Crippen LogP contribution >= 0.6 is 23.1 Å². The summed E-state index contributed by atoms with van der Waals surface area (Å²) in [5.74, 6) is -0.169. The van der Waals surface area contributed by atoms with Crippen molar-refractivity contribution >= 4 is 40.2 Å². The van der Waals surface area contributed by atoms with E-state index >= 15 is 0 Å². The van der Waals surface area contributed by atoms with Crippen LogP contribution in [0.15, 0.2) is 10.4 Å². The summed E-state index contributed by atoms with van der Waals surface area (Å²) in [6.45, 7) is 4.91. The monoisotopic (exact) mass is 415 g/mol. The number of anilines is 1.